The van der Waals surface area contributed by atoms with Crippen LogP contribution in [0.3, 0.4) is 0 Å². The van der Waals surface area contributed by atoms with Gasteiger partial charge in [0.1, 0.15) is 0 Å². The highest BCUT2D eigenvalue weighted by Crippen LogP contribution is 2.28. The van der Waals surface area contributed by atoms with E-state index in [2.05, 4.69) is 56.4 Å². The average Bonchev–Trinajstić information content (AvgIpc) is 3.05. The maximum atomic E-state index is 5.62. The van der Waals surface area contributed by atoms with Crippen LogP contribution in [0.2, 0.25) is 0 Å². The van der Waals surface area contributed by atoms with E-state index < -0.39 is 0 Å². The van der Waals surface area contributed by atoms with Gasteiger partial charge >= 0.3 is 0 Å². The Balaban J connectivity index is 2.09. The average molecular weight is 346 g/mol. The zero-order valence-electron chi connectivity index (χ0n) is 15.3. The van der Waals surface area contributed by atoms with Crippen molar-refractivity contribution < 1.29 is 0 Å². The lowest BCUT2D eigenvalue weighted by atomic mass is 9.92. The zero-order valence-corrected chi connectivity index (χ0v) is 16.1. The van der Waals surface area contributed by atoms with Gasteiger partial charge in [-0.2, -0.15) is 5.10 Å². The third kappa shape index (κ3) is 5.04. The summed E-state index contributed by atoms with van der Waals surface area (Å²) < 4.78 is 0. The molecule has 1 aliphatic rings. The molecule has 1 heterocycles. The number of hydrazone groups is 1. The van der Waals surface area contributed by atoms with E-state index in [0.717, 1.165) is 30.9 Å². The van der Waals surface area contributed by atoms with Crippen molar-refractivity contribution in [3.05, 3.63) is 35.9 Å². The van der Waals surface area contributed by atoms with Crippen LogP contribution in [-0.4, -0.2) is 28.4 Å². The maximum Gasteiger partial charge on any atom is 0.189 e. The Labute approximate surface area is 152 Å². The molecule has 0 radical (unpaired) electrons. The molecule has 1 aromatic rings. The maximum absolute atomic E-state index is 5.62. The second-order valence-electron chi connectivity index (χ2n) is 6.56. The van der Waals surface area contributed by atoms with Gasteiger partial charge in [0.25, 0.3) is 0 Å². The molecular formula is C20H31N3S. The topological polar surface area (TPSA) is 27.6 Å². The Morgan fingerprint density at radius 1 is 1.21 bits per heavy atom. The monoisotopic (exact) mass is 345 g/mol. The molecule has 1 aromatic carbocycles. The van der Waals surface area contributed by atoms with Crippen LogP contribution >= 0.6 is 12.2 Å². The van der Waals surface area contributed by atoms with Gasteiger partial charge in [0.15, 0.2) is 5.11 Å². The van der Waals surface area contributed by atoms with Gasteiger partial charge in [-0.1, -0.05) is 63.9 Å². The first-order valence-corrected chi connectivity index (χ1v) is 9.80. The fourth-order valence-corrected chi connectivity index (χ4v) is 3.46. The Morgan fingerprint density at radius 3 is 2.54 bits per heavy atom. The van der Waals surface area contributed by atoms with Crippen LogP contribution in [0.1, 0.15) is 70.8 Å². The van der Waals surface area contributed by atoms with Crippen LogP contribution in [0.4, 0.5) is 0 Å². The van der Waals surface area contributed by atoms with E-state index in [0.29, 0.717) is 12.0 Å². The van der Waals surface area contributed by atoms with Crippen molar-refractivity contribution in [2.45, 2.75) is 71.3 Å². The first-order valence-electron chi connectivity index (χ1n) is 9.39. The molecule has 0 saturated carbocycles. The number of nitrogens with zero attached hydrogens (tertiary/aromatic N) is 2. The summed E-state index contributed by atoms with van der Waals surface area (Å²) in [4.78, 5) is 0. The molecule has 24 heavy (non-hydrogen) atoms. The molecule has 3 nitrogen and oxygen atoms in total. The number of hydrogen-bond donors (Lipinski definition) is 1. The van der Waals surface area contributed by atoms with Gasteiger partial charge in [0.2, 0.25) is 0 Å². The van der Waals surface area contributed by atoms with E-state index >= 15 is 0 Å². The van der Waals surface area contributed by atoms with Gasteiger partial charge in [-0.05, 0) is 43.5 Å². The number of benzene rings is 1. The standard InChI is InChI=1S/C20H31N3S/c1-4-7-9-14-19-18(16-12-10-8-11-13-16)15-23(22-19)20(24)21-17(5-2)6-3/h8,10-13,17-18H,4-7,9,14-15H2,1-3H3,(H,21,24). The third-order valence-electron chi connectivity index (χ3n) is 4.79. The molecule has 0 saturated heterocycles. The summed E-state index contributed by atoms with van der Waals surface area (Å²) in [6.07, 6.45) is 6.94. The number of unbranched alkanes of at least 4 members (excludes halogenated alkanes) is 2. The number of hydrogen-bond acceptors (Lipinski definition) is 2. The third-order valence-corrected chi connectivity index (χ3v) is 5.12. The van der Waals surface area contributed by atoms with E-state index in [9.17, 15) is 0 Å². The molecule has 0 spiro atoms. The van der Waals surface area contributed by atoms with E-state index in [1.807, 2.05) is 5.01 Å². The van der Waals surface area contributed by atoms with Gasteiger partial charge in [-0.25, -0.2) is 5.01 Å². The van der Waals surface area contributed by atoms with Crippen molar-refractivity contribution in [2.24, 2.45) is 5.10 Å². The molecule has 132 valence electrons. The van der Waals surface area contributed by atoms with Crippen molar-refractivity contribution in [1.29, 1.82) is 0 Å². The smallest absolute Gasteiger partial charge is 0.189 e. The van der Waals surface area contributed by atoms with Crippen molar-refractivity contribution >= 4 is 23.0 Å². The van der Waals surface area contributed by atoms with Crippen LogP contribution in [0.25, 0.3) is 0 Å². The molecule has 0 amide bonds. The van der Waals surface area contributed by atoms with Crippen LogP contribution in [0.15, 0.2) is 35.4 Å². The molecule has 0 aliphatic carbocycles. The van der Waals surface area contributed by atoms with Crippen LogP contribution in [0, 0.1) is 0 Å². The highest BCUT2D eigenvalue weighted by atomic mass is 32.1. The SMILES string of the molecule is CCCCCC1=NN(C(=S)NC(CC)CC)CC1c1ccccc1. The first kappa shape index (κ1) is 18.9. The van der Waals surface area contributed by atoms with Gasteiger partial charge in [0, 0.05) is 17.7 Å². The summed E-state index contributed by atoms with van der Waals surface area (Å²) in [5.41, 5.74) is 2.63. The van der Waals surface area contributed by atoms with Gasteiger partial charge < -0.3 is 5.32 Å². The fraction of sp³-hybridized carbons (Fsp3) is 0.600. The summed E-state index contributed by atoms with van der Waals surface area (Å²) in [5.74, 6) is 0.365. The van der Waals surface area contributed by atoms with E-state index in [1.165, 1.54) is 30.5 Å². The molecular weight excluding hydrogens is 314 g/mol. The molecule has 0 bridgehead atoms. The summed E-state index contributed by atoms with van der Waals surface area (Å²) >= 11 is 5.62. The molecule has 1 atom stereocenters. The molecule has 1 unspecified atom stereocenters. The van der Waals surface area contributed by atoms with Crippen molar-refractivity contribution in [3.8, 4) is 0 Å². The second-order valence-corrected chi connectivity index (χ2v) is 6.94. The van der Waals surface area contributed by atoms with Crippen molar-refractivity contribution in [1.82, 2.24) is 10.3 Å². The predicted octanol–water partition coefficient (Wildman–Crippen LogP) is 5.09. The van der Waals surface area contributed by atoms with Crippen LogP contribution in [-0.2, 0) is 0 Å². The normalized spacial score (nSPS) is 17.2. The Kier molecular flexibility index (Phi) is 7.70. The van der Waals surface area contributed by atoms with Crippen LogP contribution < -0.4 is 5.32 Å². The van der Waals surface area contributed by atoms with Gasteiger partial charge in [-0.15, -0.1) is 0 Å². The Hall–Kier alpha value is -1.42. The molecule has 0 aromatic heterocycles. The van der Waals surface area contributed by atoms with E-state index in [1.54, 1.807) is 0 Å². The minimum Gasteiger partial charge on any atom is -0.358 e. The summed E-state index contributed by atoms with van der Waals surface area (Å²) in [7, 11) is 0. The summed E-state index contributed by atoms with van der Waals surface area (Å²) in [6.45, 7) is 7.49. The van der Waals surface area contributed by atoms with E-state index in [-0.39, 0.29) is 0 Å². The summed E-state index contributed by atoms with van der Waals surface area (Å²) in [5, 5.41) is 11.1. The summed E-state index contributed by atoms with van der Waals surface area (Å²) in [6, 6.07) is 11.2. The lowest BCUT2D eigenvalue weighted by Gasteiger charge is -2.22. The predicted molar refractivity (Wildman–Crippen MR) is 108 cm³/mol. The minimum atomic E-state index is 0.365. The number of nitrogens with one attached hydrogen (secondary N) is 1. The van der Waals surface area contributed by atoms with Crippen LogP contribution in [0.5, 0.6) is 0 Å². The van der Waals surface area contributed by atoms with Gasteiger partial charge in [-0.3, -0.25) is 0 Å². The van der Waals surface area contributed by atoms with Crippen molar-refractivity contribution in [2.75, 3.05) is 6.54 Å². The lowest BCUT2D eigenvalue weighted by Crippen LogP contribution is -2.41. The molecule has 0 fully saturated rings. The van der Waals surface area contributed by atoms with Crippen molar-refractivity contribution in [3.63, 3.8) is 0 Å². The molecule has 4 heteroatoms. The second kappa shape index (κ2) is 9.77. The highest BCUT2D eigenvalue weighted by Gasteiger charge is 2.29. The molecule has 1 N–H and O–H groups in total. The molecule has 2 rings (SSSR count). The number of rotatable bonds is 8. The number of thiocarbonyl (C=S) groups is 1. The van der Waals surface area contributed by atoms with Gasteiger partial charge in [0.05, 0.1) is 6.54 Å². The first-order chi connectivity index (χ1) is 11.7. The Morgan fingerprint density at radius 2 is 1.92 bits per heavy atom. The quantitative estimate of drug-likeness (QED) is 0.525. The zero-order chi connectivity index (χ0) is 17.4. The Bertz CT molecular complexity index is 537. The highest BCUT2D eigenvalue weighted by molar-refractivity contribution is 7.80. The minimum absolute atomic E-state index is 0.365. The van der Waals surface area contributed by atoms with E-state index in [4.69, 9.17) is 17.3 Å². The molecule has 1 aliphatic heterocycles. The largest absolute Gasteiger partial charge is 0.358 e. The lowest BCUT2D eigenvalue weighted by molar-refractivity contribution is 0.444. The fourth-order valence-electron chi connectivity index (χ4n) is 3.18.